The Bertz CT molecular complexity index is 695. The molecule has 0 fully saturated rings. The van der Waals surface area contributed by atoms with Gasteiger partial charge < -0.3 is 10.6 Å². The summed E-state index contributed by atoms with van der Waals surface area (Å²) in [6.07, 6.45) is 0. The molecule has 1 aromatic carbocycles. The van der Waals surface area contributed by atoms with Crippen molar-refractivity contribution in [2.24, 2.45) is 0 Å². The highest BCUT2D eigenvalue weighted by Gasteiger charge is 2.14. The number of amides is 2. The largest absolute Gasteiger partial charge is 0.355 e. The summed E-state index contributed by atoms with van der Waals surface area (Å²) in [5.41, 5.74) is 1.85. The van der Waals surface area contributed by atoms with Gasteiger partial charge in [-0.2, -0.15) is 0 Å². The molecule has 0 bridgehead atoms. The van der Waals surface area contributed by atoms with E-state index in [0.717, 1.165) is 9.35 Å². The molecule has 1 heterocycles. The average Bonchev–Trinajstić information content (AvgIpc) is 2.80. The van der Waals surface area contributed by atoms with Crippen LogP contribution in [0.2, 0.25) is 5.02 Å². The lowest BCUT2D eigenvalue weighted by atomic mass is 10.2. The number of benzene rings is 1. The summed E-state index contributed by atoms with van der Waals surface area (Å²) in [6, 6.07) is 6.59. The first-order valence-corrected chi connectivity index (χ1v) is 8.00. The molecule has 2 N–H and O–H groups in total. The smallest absolute Gasteiger partial charge is 0.265 e. The van der Waals surface area contributed by atoms with Crippen LogP contribution in [0.15, 0.2) is 28.1 Å². The Morgan fingerprint density at radius 2 is 1.95 bits per heavy atom. The molecule has 0 spiro atoms. The first-order chi connectivity index (χ1) is 9.92. The minimum Gasteiger partial charge on any atom is -0.355 e. The van der Waals surface area contributed by atoms with E-state index in [1.165, 1.54) is 18.4 Å². The lowest BCUT2D eigenvalue weighted by Crippen LogP contribution is -2.19. The fraction of sp³-hybridized carbons (Fsp3) is 0.143. The van der Waals surface area contributed by atoms with Crippen molar-refractivity contribution in [2.75, 3.05) is 12.4 Å². The van der Waals surface area contributed by atoms with Gasteiger partial charge in [-0.15, -0.1) is 11.3 Å². The van der Waals surface area contributed by atoms with Crippen LogP contribution in [0.25, 0.3) is 0 Å². The molecule has 21 heavy (non-hydrogen) atoms. The molecule has 0 unspecified atom stereocenters. The molecular formula is C14H12BrClN2O2S. The standard InChI is InChI=1S/C14H12BrClN2O2S/c1-7-5-11(21-12(7)15)14(20)18-8-3-4-10(16)9(6-8)13(19)17-2/h3-6H,1-2H3,(H,17,19)(H,18,20). The highest BCUT2D eigenvalue weighted by molar-refractivity contribution is 9.11. The van der Waals surface area contributed by atoms with Crippen molar-refractivity contribution in [3.05, 3.63) is 49.1 Å². The van der Waals surface area contributed by atoms with E-state index in [-0.39, 0.29) is 11.8 Å². The lowest BCUT2D eigenvalue weighted by molar-refractivity contribution is 0.0961. The minimum absolute atomic E-state index is 0.223. The van der Waals surface area contributed by atoms with Crippen molar-refractivity contribution in [2.45, 2.75) is 6.92 Å². The summed E-state index contributed by atoms with van der Waals surface area (Å²) in [5.74, 6) is -0.523. The Kier molecular flexibility index (Phi) is 5.03. The van der Waals surface area contributed by atoms with Gasteiger partial charge in [-0.3, -0.25) is 9.59 Å². The second-order valence-corrected chi connectivity index (χ2v) is 7.07. The highest BCUT2D eigenvalue weighted by Crippen LogP contribution is 2.28. The Morgan fingerprint density at radius 1 is 1.24 bits per heavy atom. The van der Waals surface area contributed by atoms with E-state index < -0.39 is 0 Å². The van der Waals surface area contributed by atoms with Gasteiger partial charge in [0.25, 0.3) is 11.8 Å². The SMILES string of the molecule is CNC(=O)c1cc(NC(=O)c2cc(C)c(Br)s2)ccc1Cl. The third-order valence-corrected chi connectivity index (χ3v) is 5.24. The molecule has 0 aliphatic heterocycles. The van der Waals surface area contributed by atoms with Gasteiger partial charge in [0, 0.05) is 12.7 Å². The van der Waals surface area contributed by atoms with Crippen LogP contribution in [0.3, 0.4) is 0 Å². The molecule has 0 aliphatic carbocycles. The van der Waals surface area contributed by atoms with Gasteiger partial charge in [0.15, 0.2) is 0 Å². The number of hydrogen-bond donors (Lipinski definition) is 2. The van der Waals surface area contributed by atoms with Gasteiger partial charge in [-0.25, -0.2) is 0 Å². The van der Waals surface area contributed by atoms with Gasteiger partial charge in [0.1, 0.15) is 0 Å². The normalized spacial score (nSPS) is 10.3. The van der Waals surface area contributed by atoms with Crippen LogP contribution in [-0.2, 0) is 0 Å². The molecule has 2 rings (SSSR count). The van der Waals surface area contributed by atoms with Crippen molar-refractivity contribution < 1.29 is 9.59 Å². The molecule has 2 amide bonds. The van der Waals surface area contributed by atoms with E-state index in [0.29, 0.717) is 21.2 Å². The molecule has 110 valence electrons. The van der Waals surface area contributed by atoms with Crippen LogP contribution in [-0.4, -0.2) is 18.9 Å². The first-order valence-electron chi connectivity index (χ1n) is 6.01. The van der Waals surface area contributed by atoms with Crippen LogP contribution >= 0.6 is 38.9 Å². The number of hydrogen-bond acceptors (Lipinski definition) is 3. The second kappa shape index (κ2) is 6.60. The van der Waals surface area contributed by atoms with E-state index >= 15 is 0 Å². The third kappa shape index (κ3) is 3.64. The van der Waals surface area contributed by atoms with Crippen molar-refractivity contribution in [1.82, 2.24) is 5.32 Å². The quantitative estimate of drug-likeness (QED) is 0.833. The number of carbonyl (C=O) groups excluding carboxylic acids is 2. The van der Waals surface area contributed by atoms with Crippen molar-refractivity contribution in [1.29, 1.82) is 0 Å². The fourth-order valence-corrected chi connectivity index (χ4v) is 3.31. The van der Waals surface area contributed by atoms with Crippen molar-refractivity contribution in [3.8, 4) is 0 Å². The van der Waals surface area contributed by atoms with Crippen LogP contribution in [0.5, 0.6) is 0 Å². The molecule has 4 nitrogen and oxygen atoms in total. The highest BCUT2D eigenvalue weighted by atomic mass is 79.9. The van der Waals surface area contributed by atoms with Crippen LogP contribution < -0.4 is 10.6 Å². The molecule has 0 saturated carbocycles. The Morgan fingerprint density at radius 3 is 2.52 bits per heavy atom. The Labute approximate surface area is 139 Å². The second-order valence-electron chi connectivity index (χ2n) is 4.30. The summed E-state index contributed by atoms with van der Waals surface area (Å²) in [5, 5.41) is 5.60. The number of thiophene rings is 1. The monoisotopic (exact) mass is 386 g/mol. The number of rotatable bonds is 3. The van der Waals surface area contributed by atoms with E-state index in [1.54, 1.807) is 24.3 Å². The topological polar surface area (TPSA) is 58.2 Å². The van der Waals surface area contributed by atoms with Crippen LogP contribution in [0, 0.1) is 6.92 Å². The first kappa shape index (κ1) is 16.0. The van der Waals surface area contributed by atoms with E-state index in [1.807, 2.05) is 6.92 Å². The summed E-state index contributed by atoms with van der Waals surface area (Å²) in [7, 11) is 1.52. The molecule has 0 saturated heterocycles. The van der Waals surface area contributed by atoms with Crippen molar-refractivity contribution >= 4 is 56.4 Å². The van der Waals surface area contributed by atoms with Crippen LogP contribution in [0.1, 0.15) is 25.6 Å². The molecule has 7 heteroatoms. The van der Waals surface area contributed by atoms with Gasteiger partial charge in [0.05, 0.1) is 19.2 Å². The van der Waals surface area contributed by atoms with Gasteiger partial charge >= 0.3 is 0 Å². The molecule has 0 aliphatic rings. The van der Waals surface area contributed by atoms with E-state index in [2.05, 4.69) is 26.6 Å². The number of anilines is 1. The van der Waals surface area contributed by atoms with Gasteiger partial charge in [-0.1, -0.05) is 11.6 Å². The number of aryl methyl sites for hydroxylation is 1. The summed E-state index contributed by atoms with van der Waals surface area (Å²) in [4.78, 5) is 24.4. The zero-order chi connectivity index (χ0) is 15.6. The number of nitrogens with one attached hydrogen (secondary N) is 2. The predicted molar refractivity (Wildman–Crippen MR) is 89.6 cm³/mol. The van der Waals surface area contributed by atoms with Gasteiger partial charge in [0.2, 0.25) is 0 Å². The van der Waals surface area contributed by atoms with Crippen LogP contribution in [0.4, 0.5) is 5.69 Å². The van der Waals surface area contributed by atoms with Crippen molar-refractivity contribution in [3.63, 3.8) is 0 Å². The summed E-state index contributed by atoms with van der Waals surface area (Å²) >= 11 is 10.7. The maximum atomic E-state index is 12.2. The molecule has 1 aromatic heterocycles. The minimum atomic E-state index is -0.300. The summed E-state index contributed by atoms with van der Waals surface area (Å²) in [6.45, 7) is 1.92. The van der Waals surface area contributed by atoms with E-state index in [4.69, 9.17) is 11.6 Å². The molecule has 0 atom stereocenters. The third-order valence-electron chi connectivity index (χ3n) is 2.78. The van der Waals surface area contributed by atoms with E-state index in [9.17, 15) is 9.59 Å². The maximum Gasteiger partial charge on any atom is 0.265 e. The predicted octanol–water partition coefficient (Wildman–Crippen LogP) is 4.08. The van der Waals surface area contributed by atoms with Gasteiger partial charge in [-0.05, 0) is 52.7 Å². The lowest BCUT2D eigenvalue weighted by Gasteiger charge is -2.07. The summed E-state index contributed by atoms with van der Waals surface area (Å²) < 4.78 is 0.926. The average molecular weight is 388 g/mol. The fourth-order valence-electron chi connectivity index (χ4n) is 1.68. The zero-order valence-corrected chi connectivity index (χ0v) is 14.4. The molecule has 2 aromatic rings. The zero-order valence-electron chi connectivity index (χ0n) is 11.3. The molecule has 0 radical (unpaired) electrons. The number of halogens is 2. The maximum absolute atomic E-state index is 12.2. The number of carbonyl (C=O) groups is 2. The Hall–Kier alpha value is -1.37. The molecular weight excluding hydrogens is 376 g/mol. The Balaban J connectivity index is 2.23.